The monoisotopic (exact) mass is 553 g/mol. The number of hydrogen-bond acceptors (Lipinski definition) is 1. The molecule has 0 aliphatic carbocycles. The fourth-order valence-corrected chi connectivity index (χ4v) is 13.0. The first-order chi connectivity index (χ1) is 18.3. The van der Waals surface area contributed by atoms with Crippen molar-refractivity contribution in [3.63, 3.8) is 0 Å². The first kappa shape index (κ1) is 27.0. The lowest BCUT2D eigenvalue weighted by molar-refractivity contribution is 0.563. The molecule has 1 saturated heterocycles. The van der Waals surface area contributed by atoms with E-state index in [0.717, 1.165) is 49.2 Å². The number of benzene rings is 4. The Bertz CT molecular complexity index is 1280. The minimum atomic E-state index is -1.94. The molecule has 0 unspecified atom stereocenters. The van der Waals surface area contributed by atoms with Gasteiger partial charge >= 0.3 is 0 Å². The highest BCUT2D eigenvalue weighted by Gasteiger charge is 2.46. The van der Waals surface area contributed by atoms with Crippen LogP contribution >= 0.6 is 16.1 Å². The summed E-state index contributed by atoms with van der Waals surface area (Å²) in [4.78, 5) is 0. The van der Waals surface area contributed by atoms with Gasteiger partial charge in [-0.25, -0.2) is 22.0 Å². The van der Waals surface area contributed by atoms with Crippen LogP contribution in [0.5, 0.6) is 0 Å². The van der Waals surface area contributed by atoms with Crippen LogP contribution in [-0.4, -0.2) is 10.5 Å². The highest BCUT2D eigenvalue weighted by molar-refractivity contribution is 7.79. The number of hydrogen-bond donors (Lipinski definition) is 0. The predicted octanol–water partition coefficient (Wildman–Crippen LogP) is 8.97. The van der Waals surface area contributed by atoms with E-state index >= 15 is 8.78 Å². The van der Waals surface area contributed by atoms with E-state index in [1.165, 1.54) is 11.1 Å². The molecule has 7 heteroatoms. The van der Waals surface area contributed by atoms with Crippen LogP contribution in [0, 0.1) is 23.3 Å². The van der Waals surface area contributed by atoms with Crippen LogP contribution in [-0.2, 0) is 0 Å². The van der Waals surface area contributed by atoms with Gasteiger partial charge in [-0.1, -0.05) is 60.7 Å². The molecule has 0 aromatic heterocycles. The number of rotatable bonds is 7. The minimum absolute atomic E-state index is 0.0752. The van der Waals surface area contributed by atoms with Gasteiger partial charge in [0.1, 0.15) is 23.3 Å². The molecule has 0 spiro atoms. The maximum absolute atomic E-state index is 15.5. The van der Waals surface area contributed by atoms with Gasteiger partial charge in [-0.2, -0.15) is 0 Å². The molecule has 1 heterocycles. The molecule has 1 nitrogen and oxygen atoms in total. The van der Waals surface area contributed by atoms with Crippen molar-refractivity contribution in [2.75, 3.05) is 0 Å². The van der Waals surface area contributed by atoms with E-state index in [9.17, 15) is 8.78 Å². The number of nitrogens with zero attached hydrogens (tertiary/aromatic N) is 1. The molecule has 1 fully saturated rings. The first-order valence-corrected chi connectivity index (χ1v) is 15.5. The molecular formula is C31H29F4NP2. The van der Waals surface area contributed by atoms with Crippen molar-refractivity contribution in [1.29, 1.82) is 0 Å². The lowest BCUT2D eigenvalue weighted by atomic mass is 10.0. The predicted molar refractivity (Wildman–Crippen MR) is 150 cm³/mol. The Hall–Kier alpha value is -2.58. The zero-order chi connectivity index (χ0) is 26.8. The molecule has 38 heavy (non-hydrogen) atoms. The first-order valence-electron chi connectivity index (χ1n) is 12.7. The topological polar surface area (TPSA) is 3.24 Å². The highest BCUT2D eigenvalue weighted by atomic mass is 31.2. The minimum Gasteiger partial charge on any atom is -0.249 e. The third-order valence-electron chi connectivity index (χ3n) is 6.90. The van der Waals surface area contributed by atoms with Crippen molar-refractivity contribution in [2.45, 2.75) is 44.0 Å². The molecule has 1 aliphatic heterocycles. The molecule has 5 rings (SSSR count). The van der Waals surface area contributed by atoms with Crippen LogP contribution in [0.1, 0.15) is 49.1 Å². The van der Waals surface area contributed by atoms with Crippen molar-refractivity contribution in [2.24, 2.45) is 0 Å². The van der Waals surface area contributed by atoms with Crippen LogP contribution < -0.4 is 10.6 Å². The van der Waals surface area contributed by atoms with Gasteiger partial charge in [0.2, 0.25) is 0 Å². The second kappa shape index (κ2) is 11.7. The Labute approximate surface area is 224 Å². The van der Waals surface area contributed by atoms with Gasteiger partial charge < -0.3 is 0 Å². The van der Waals surface area contributed by atoms with Gasteiger partial charge in [0.25, 0.3) is 0 Å². The standard InChI is InChI=1S/C31H29F4NP2/c1-21(2)36(38(30-19-24(32)13-15-26(30)34)31-20-25(33)14-16-27(31)35)37-28(22-9-5-3-6-10-22)17-18-29(37)23-11-7-4-8-12-23/h3-16,19-21,28-29H,17-18H2,1-2H3/t28-,29-/m0/s1. The third kappa shape index (κ3) is 5.43. The van der Waals surface area contributed by atoms with Gasteiger partial charge in [-0.05, 0) is 82.3 Å². The molecule has 0 N–H and O–H groups in total. The zero-order valence-corrected chi connectivity index (χ0v) is 23.0. The maximum atomic E-state index is 15.5. The molecule has 0 bridgehead atoms. The lowest BCUT2D eigenvalue weighted by Gasteiger charge is -2.45. The summed E-state index contributed by atoms with van der Waals surface area (Å²) in [6.07, 6.45) is 1.83. The van der Waals surface area contributed by atoms with Crippen LogP contribution in [0.15, 0.2) is 97.1 Å². The van der Waals surface area contributed by atoms with Crippen molar-refractivity contribution in [3.8, 4) is 0 Å². The van der Waals surface area contributed by atoms with Crippen molar-refractivity contribution in [3.05, 3.63) is 131 Å². The Morgan fingerprint density at radius 3 is 1.47 bits per heavy atom. The Balaban J connectivity index is 1.75. The zero-order valence-electron chi connectivity index (χ0n) is 21.2. The SMILES string of the molecule is CC(C)N(P(c1cc(F)ccc1F)c1cc(F)ccc1F)P1[C@H](c2ccccc2)CC[C@H]1c1ccccc1. The second-order valence-corrected chi connectivity index (χ2v) is 14.5. The van der Waals surface area contributed by atoms with E-state index in [4.69, 9.17) is 0 Å². The fraction of sp³-hybridized carbons (Fsp3) is 0.226. The summed E-state index contributed by atoms with van der Waals surface area (Å²) in [6.45, 7) is 4.02. The van der Waals surface area contributed by atoms with E-state index < -0.39 is 39.4 Å². The molecule has 0 saturated carbocycles. The smallest absolute Gasteiger partial charge is 0.132 e. The van der Waals surface area contributed by atoms with E-state index in [-0.39, 0.29) is 28.0 Å². The van der Waals surface area contributed by atoms with Gasteiger partial charge in [-0.3, -0.25) is 0 Å². The lowest BCUT2D eigenvalue weighted by Crippen LogP contribution is -2.34. The van der Waals surface area contributed by atoms with Gasteiger partial charge in [0.05, 0.1) is 0 Å². The van der Waals surface area contributed by atoms with Gasteiger partial charge in [-0.15, -0.1) is 0 Å². The largest absolute Gasteiger partial charge is 0.249 e. The molecule has 1 aliphatic rings. The summed E-state index contributed by atoms with van der Waals surface area (Å²) in [5.74, 6) is -2.44. The molecule has 0 radical (unpaired) electrons. The summed E-state index contributed by atoms with van der Waals surface area (Å²) in [5.41, 5.74) is 2.63. The average molecular weight is 554 g/mol. The fourth-order valence-electron chi connectivity index (χ4n) is 5.32. The van der Waals surface area contributed by atoms with E-state index in [2.05, 4.69) is 28.7 Å². The van der Waals surface area contributed by atoms with E-state index in [0.29, 0.717) is 0 Å². The summed E-state index contributed by atoms with van der Waals surface area (Å²) in [5, 5.41) is 0.150. The van der Waals surface area contributed by atoms with Crippen LogP contribution in [0.25, 0.3) is 0 Å². The molecular weight excluding hydrogens is 524 g/mol. The van der Waals surface area contributed by atoms with Crippen LogP contribution in [0.3, 0.4) is 0 Å². The molecule has 2 atom stereocenters. The van der Waals surface area contributed by atoms with Crippen molar-refractivity contribution in [1.82, 2.24) is 4.44 Å². The van der Waals surface area contributed by atoms with Crippen molar-refractivity contribution < 1.29 is 17.6 Å². The molecule has 0 amide bonds. The highest BCUT2D eigenvalue weighted by Crippen LogP contribution is 2.76. The Morgan fingerprint density at radius 2 is 1.08 bits per heavy atom. The van der Waals surface area contributed by atoms with Gasteiger partial charge in [0.15, 0.2) is 0 Å². The van der Waals surface area contributed by atoms with Crippen LogP contribution in [0.4, 0.5) is 17.6 Å². The summed E-state index contributed by atoms with van der Waals surface area (Å²) < 4.78 is 62.4. The van der Waals surface area contributed by atoms with Gasteiger partial charge in [0, 0.05) is 36.0 Å². The van der Waals surface area contributed by atoms with E-state index in [1.807, 2.05) is 50.2 Å². The maximum Gasteiger partial charge on any atom is 0.132 e. The molecule has 4 aromatic carbocycles. The Morgan fingerprint density at radius 1 is 0.658 bits per heavy atom. The van der Waals surface area contributed by atoms with Crippen molar-refractivity contribution >= 4 is 26.8 Å². The normalized spacial score (nSPS) is 18.1. The summed E-state index contributed by atoms with van der Waals surface area (Å²) in [7, 11) is -3.01. The number of halogens is 4. The van der Waals surface area contributed by atoms with E-state index in [1.54, 1.807) is 0 Å². The second-order valence-electron chi connectivity index (χ2n) is 9.73. The molecule has 196 valence electrons. The quantitative estimate of drug-likeness (QED) is 0.163. The molecule has 4 aromatic rings. The van der Waals surface area contributed by atoms with Crippen LogP contribution in [0.2, 0.25) is 0 Å². The Kier molecular flexibility index (Phi) is 8.29. The average Bonchev–Trinajstić information content (AvgIpc) is 3.35. The summed E-state index contributed by atoms with van der Waals surface area (Å²) in [6, 6.07) is 26.9. The summed E-state index contributed by atoms with van der Waals surface area (Å²) >= 11 is 0. The third-order valence-corrected chi connectivity index (χ3v) is 13.8.